The highest BCUT2D eigenvalue weighted by atomic mass is 32.2. The monoisotopic (exact) mass is 444 g/mol. The number of nitrogens with zero attached hydrogens (tertiary/aromatic N) is 1. The van der Waals surface area contributed by atoms with Crippen LogP contribution in [0.2, 0.25) is 0 Å². The summed E-state index contributed by atoms with van der Waals surface area (Å²) in [5.74, 6) is -2.66. The zero-order chi connectivity index (χ0) is 22.5. The normalized spacial score (nSPS) is 13.2. The van der Waals surface area contributed by atoms with Crippen LogP contribution in [0.25, 0.3) is 0 Å². The smallest absolute Gasteiger partial charge is 0.425 e. The molecule has 1 unspecified atom stereocenters. The van der Waals surface area contributed by atoms with E-state index in [4.69, 9.17) is 0 Å². The van der Waals surface area contributed by atoms with E-state index in [0.717, 1.165) is 18.7 Å². The summed E-state index contributed by atoms with van der Waals surface area (Å²) < 4.78 is 65.8. The van der Waals surface area contributed by atoms with E-state index in [1.54, 1.807) is 12.1 Å². The zero-order valence-corrected chi connectivity index (χ0v) is 17.8. The predicted octanol–water partition coefficient (Wildman–Crippen LogP) is 4.27. The summed E-state index contributed by atoms with van der Waals surface area (Å²) >= 11 is 0. The molecule has 0 saturated heterocycles. The summed E-state index contributed by atoms with van der Waals surface area (Å²) in [5, 5.41) is 2.00. The highest BCUT2D eigenvalue weighted by Gasteiger charge is 2.42. The van der Waals surface area contributed by atoms with Gasteiger partial charge in [0.25, 0.3) is 0 Å². The lowest BCUT2D eigenvalue weighted by Crippen LogP contribution is -2.44. The van der Waals surface area contributed by atoms with Crippen molar-refractivity contribution in [2.75, 3.05) is 7.11 Å². The topological polar surface area (TPSA) is 77.0 Å². The molecule has 0 bridgehead atoms. The molecule has 0 spiro atoms. The van der Waals surface area contributed by atoms with Gasteiger partial charge < -0.3 is 10.1 Å². The number of carbonyl (C=O) groups is 1. The third-order valence-electron chi connectivity index (χ3n) is 4.04. The second-order valence-electron chi connectivity index (χ2n) is 7.38. The Kier molecular flexibility index (Phi) is 7.49. The van der Waals surface area contributed by atoms with Gasteiger partial charge in [0, 0.05) is 6.54 Å². The average Bonchev–Trinajstić information content (AvgIpc) is 2.67. The van der Waals surface area contributed by atoms with Crippen LogP contribution in [-0.4, -0.2) is 23.3 Å². The Balaban J connectivity index is 2.01. The number of carbonyl (C=O) groups excluding carboxylic acids is 1. The number of hydrogen-bond donors (Lipinski definition) is 2. The summed E-state index contributed by atoms with van der Waals surface area (Å²) in [6.07, 6.45) is -4.12. The van der Waals surface area contributed by atoms with Gasteiger partial charge in [-0.1, -0.05) is 39.0 Å². The quantitative estimate of drug-likeness (QED) is 0.626. The van der Waals surface area contributed by atoms with Crippen LogP contribution in [0, 0.1) is 5.82 Å². The lowest BCUT2D eigenvalue weighted by atomic mass is 9.87. The molecule has 0 aliphatic rings. The number of halogens is 3. The van der Waals surface area contributed by atoms with Crippen LogP contribution in [0.3, 0.4) is 0 Å². The first-order chi connectivity index (χ1) is 13.9. The molecule has 1 atom stereocenters. The summed E-state index contributed by atoms with van der Waals surface area (Å²) in [6, 6.07) is 9.57. The van der Waals surface area contributed by atoms with Crippen LogP contribution in [0.4, 0.5) is 18.9 Å². The second-order valence-corrected chi connectivity index (χ2v) is 8.42. The van der Waals surface area contributed by atoms with E-state index in [1.165, 1.54) is 24.3 Å². The fraction of sp³-hybridized carbons (Fsp3) is 0.350. The Morgan fingerprint density at radius 1 is 1.13 bits per heavy atom. The van der Waals surface area contributed by atoms with Crippen LogP contribution >= 0.6 is 0 Å². The van der Waals surface area contributed by atoms with E-state index >= 15 is 0 Å². The molecule has 0 aromatic heterocycles. The maximum Gasteiger partial charge on any atom is 0.482 e. The Morgan fingerprint density at radius 3 is 2.30 bits per heavy atom. The summed E-state index contributed by atoms with van der Waals surface area (Å²) in [6.45, 7) is 5.57. The van der Waals surface area contributed by atoms with Crippen molar-refractivity contribution in [3.63, 3.8) is 0 Å². The Labute approximate surface area is 174 Å². The molecule has 2 aromatic carbocycles. The molecule has 1 amide bonds. The van der Waals surface area contributed by atoms with Crippen LogP contribution < -0.4 is 10.1 Å². The van der Waals surface area contributed by atoms with Crippen molar-refractivity contribution in [1.29, 1.82) is 0 Å². The van der Waals surface area contributed by atoms with Crippen molar-refractivity contribution < 1.29 is 31.1 Å². The van der Waals surface area contributed by atoms with E-state index in [1.807, 2.05) is 26.1 Å². The lowest BCUT2D eigenvalue weighted by molar-refractivity contribution is -0.193. The second kappa shape index (κ2) is 9.48. The summed E-state index contributed by atoms with van der Waals surface area (Å²) in [7, 11) is -1.24. The minimum absolute atomic E-state index is 0.157. The summed E-state index contributed by atoms with van der Waals surface area (Å²) in [4.78, 5) is 11.9. The molecule has 30 heavy (non-hydrogen) atoms. The Hall–Kier alpha value is -2.59. The number of hydrogen-bond acceptors (Lipinski definition) is 5. The molecule has 2 rings (SSSR count). The highest BCUT2D eigenvalue weighted by Crippen LogP contribution is 2.27. The number of alkyl halides is 2. The number of amides is 1. The molecule has 0 fully saturated rings. The maximum atomic E-state index is 14.1. The molecule has 1 N–H and O–H groups in total. The minimum atomic E-state index is -4.12. The van der Waals surface area contributed by atoms with Crippen LogP contribution in [0.1, 0.15) is 31.9 Å². The Morgan fingerprint density at radius 2 is 1.77 bits per heavy atom. The fourth-order valence-corrected chi connectivity index (χ4v) is 2.79. The molecule has 0 saturated carbocycles. The van der Waals surface area contributed by atoms with Crippen LogP contribution in [0.15, 0.2) is 46.8 Å². The third-order valence-corrected chi connectivity index (χ3v) is 4.73. The van der Waals surface area contributed by atoms with Crippen LogP contribution in [-0.2, 0) is 31.8 Å². The maximum absolute atomic E-state index is 14.1. The molecule has 164 valence electrons. The van der Waals surface area contributed by atoms with Gasteiger partial charge >= 0.3 is 12.0 Å². The summed E-state index contributed by atoms with van der Waals surface area (Å²) in [5.41, 5.74) is 0.767. The van der Waals surface area contributed by atoms with E-state index in [-0.39, 0.29) is 29.0 Å². The van der Waals surface area contributed by atoms with Crippen molar-refractivity contribution >= 4 is 22.5 Å². The Bertz CT molecular complexity index is 983. The first-order valence-electron chi connectivity index (χ1n) is 8.89. The van der Waals surface area contributed by atoms with Crippen molar-refractivity contribution in [3.8, 4) is 5.75 Å². The molecular weight excluding hydrogens is 421 g/mol. The SMILES string of the molecule is CO[SH](=O)=Nc1ccc(CNC(=O)C(F)(F)Oc2ccc(C(C)(C)C)cc2)cc1F. The molecular formula is C20H23F3N2O4S. The van der Waals surface area contributed by atoms with Crippen molar-refractivity contribution in [1.82, 2.24) is 5.32 Å². The van der Waals surface area contributed by atoms with Gasteiger partial charge in [0.2, 0.25) is 0 Å². The van der Waals surface area contributed by atoms with Gasteiger partial charge in [-0.05, 0) is 40.8 Å². The molecule has 0 radical (unpaired) electrons. The third kappa shape index (κ3) is 6.46. The first-order valence-corrected chi connectivity index (χ1v) is 10.0. The molecule has 6 nitrogen and oxygen atoms in total. The fourth-order valence-electron chi connectivity index (χ4n) is 2.37. The lowest BCUT2D eigenvalue weighted by Gasteiger charge is -2.20. The predicted molar refractivity (Wildman–Crippen MR) is 108 cm³/mol. The average molecular weight is 444 g/mol. The molecule has 0 aliphatic carbocycles. The molecule has 0 heterocycles. The van der Waals surface area contributed by atoms with Gasteiger partial charge in [0.05, 0.1) is 7.11 Å². The van der Waals surface area contributed by atoms with Crippen molar-refractivity contribution in [2.24, 2.45) is 4.36 Å². The minimum Gasteiger partial charge on any atom is -0.425 e. The number of rotatable bonds is 7. The number of benzene rings is 2. The van der Waals surface area contributed by atoms with Crippen molar-refractivity contribution in [3.05, 3.63) is 59.4 Å². The van der Waals surface area contributed by atoms with E-state index in [0.29, 0.717) is 0 Å². The van der Waals surface area contributed by atoms with E-state index in [9.17, 15) is 22.2 Å². The molecule has 0 aliphatic heterocycles. The standard InChI is InChI=1S/C20H23F3N2O4S/c1-19(2,3)14-6-8-15(9-7-14)29-20(22,23)18(26)24-12-13-5-10-17(16(21)11-13)25-30(27)28-4/h5-11,30H,12H2,1-4H3,(H,24,26). The van der Waals surface area contributed by atoms with E-state index < -0.39 is 28.7 Å². The highest BCUT2D eigenvalue weighted by molar-refractivity contribution is 7.69. The van der Waals surface area contributed by atoms with Crippen LogP contribution in [0.5, 0.6) is 5.75 Å². The number of ether oxygens (including phenoxy) is 1. The van der Waals surface area contributed by atoms with Gasteiger partial charge in [0.15, 0.2) is 10.9 Å². The largest absolute Gasteiger partial charge is 0.482 e. The van der Waals surface area contributed by atoms with E-state index in [2.05, 4.69) is 13.3 Å². The van der Waals surface area contributed by atoms with Gasteiger partial charge in [-0.2, -0.15) is 13.1 Å². The molecule has 2 aromatic rings. The van der Waals surface area contributed by atoms with Gasteiger partial charge in [0.1, 0.15) is 17.3 Å². The van der Waals surface area contributed by atoms with Gasteiger partial charge in [-0.3, -0.25) is 8.98 Å². The number of nitrogens with one attached hydrogen (secondary N) is 1. The zero-order valence-electron chi connectivity index (χ0n) is 16.9. The number of thiol groups is 1. The van der Waals surface area contributed by atoms with Crippen molar-refractivity contribution in [2.45, 2.75) is 38.8 Å². The first kappa shape index (κ1) is 23.7. The molecule has 10 heteroatoms. The van der Waals surface area contributed by atoms with Gasteiger partial charge in [-0.25, -0.2) is 8.60 Å². The van der Waals surface area contributed by atoms with Gasteiger partial charge in [-0.15, -0.1) is 0 Å².